The molecule has 0 radical (unpaired) electrons. The van der Waals surface area contributed by atoms with Gasteiger partial charge in [-0.3, -0.25) is 4.79 Å². The Balaban J connectivity index is 1.71. The minimum absolute atomic E-state index is 0.139. The fourth-order valence-electron chi connectivity index (χ4n) is 3.28. The second-order valence-electron chi connectivity index (χ2n) is 7.61. The molecule has 1 aliphatic rings. The maximum Gasteiger partial charge on any atom is 0.251 e. The van der Waals surface area contributed by atoms with Crippen molar-refractivity contribution in [2.24, 2.45) is 5.92 Å². The highest BCUT2D eigenvalue weighted by molar-refractivity contribution is 7.90. The van der Waals surface area contributed by atoms with E-state index in [-0.39, 0.29) is 11.2 Å². The molecule has 0 heterocycles. The molecule has 9 heteroatoms. The van der Waals surface area contributed by atoms with Gasteiger partial charge < -0.3 is 20.1 Å². The molecule has 30 heavy (non-hydrogen) atoms. The summed E-state index contributed by atoms with van der Waals surface area (Å²) in [5.74, 6) is 1.33. The molecular formula is C21H35N3O5S. The molecule has 1 aliphatic carbocycles. The summed E-state index contributed by atoms with van der Waals surface area (Å²) >= 11 is 0. The van der Waals surface area contributed by atoms with Gasteiger partial charge in [0, 0.05) is 25.2 Å². The summed E-state index contributed by atoms with van der Waals surface area (Å²) in [7, 11) is -0.00661. The monoisotopic (exact) mass is 441 g/mol. The number of carbonyl (C=O) groups excluding carboxylic acids is 1. The molecule has 1 saturated carbocycles. The molecule has 0 spiro atoms. The molecule has 0 aliphatic heterocycles. The third-order valence-electron chi connectivity index (χ3n) is 5.19. The molecule has 1 fully saturated rings. The number of ether oxygens (including phenoxy) is 2. The lowest BCUT2D eigenvalue weighted by atomic mass is 9.99. The van der Waals surface area contributed by atoms with Crippen LogP contribution >= 0.6 is 0 Å². The van der Waals surface area contributed by atoms with E-state index in [1.807, 2.05) is 0 Å². The van der Waals surface area contributed by atoms with E-state index in [0.717, 1.165) is 38.6 Å². The Labute approximate surface area is 180 Å². The van der Waals surface area contributed by atoms with Crippen molar-refractivity contribution in [2.45, 2.75) is 44.3 Å². The third kappa shape index (κ3) is 7.77. The van der Waals surface area contributed by atoms with Gasteiger partial charge in [0.15, 0.2) is 11.5 Å². The standard InChI is InChI=1S/C21H35N3O5S/c1-4-5-16(10-11-22-12-13-24-30(26,27)18-7-8-18)15-23-21(25)17-6-9-19(28-2)20(14-17)29-3/h6,9,14,16,18,22,24H,4-5,7-8,10-13,15H2,1-3H3,(H,23,25). The zero-order valence-corrected chi connectivity index (χ0v) is 19.0. The Kier molecular flexibility index (Phi) is 9.87. The number of rotatable bonds is 15. The molecule has 1 aromatic rings. The SMILES string of the molecule is CCCC(CCNCCNS(=O)(=O)C1CC1)CNC(=O)c1ccc(OC)c(OC)c1. The summed E-state index contributed by atoms with van der Waals surface area (Å²) in [5.41, 5.74) is 0.531. The van der Waals surface area contributed by atoms with Crippen molar-refractivity contribution in [1.82, 2.24) is 15.4 Å². The number of methoxy groups -OCH3 is 2. The Morgan fingerprint density at radius 1 is 1.10 bits per heavy atom. The summed E-state index contributed by atoms with van der Waals surface area (Å²) in [6.45, 7) is 4.51. The van der Waals surface area contributed by atoms with Crippen LogP contribution in [0.25, 0.3) is 0 Å². The Morgan fingerprint density at radius 2 is 1.83 bits per heavy atom. The number of carbonyl (C=O) groups is 1. The molecule has 0 aromatic heterocycles. The van der Waals surface area contributed by atoms with Crippen LogP contribution in [-0.2, 0) is 10.0 Å². The first kappa shape index (κ1) is 24.4. The molecule has 0 saturated heterocycles. The summed E-state index contributed by atoms with van der Waals surface area (Å²) in [5, 5.41) is 6.11. The molecule has 1 atom stereocenters. The van der Waals surface area contributed by atoms with E-state index in [4.69, 9.17) is 9.47 Å². The van der Waals surface area contributed by atoms with Crippen molar-refractivity contribution in [3.63, 3.8) is 0 Å². The molecule has 8 nitrogen and oxygen atoms in total. The fourth-order valence-corrected chi connectivity index (χ4v) is 4.66. The highest BCUT2D eigenvalue weighted by Gasteiger charge is 2.35. The van der Waals surface area contributed by atoms with Crippen molar-refractivity contribution >= 4 is 15.9 Å². The van der Waals surface area contributed by atoms with Crippen LogP contribution in [0, 0.1) is 5.92 Å². The number of hydrogen-bond donors (Lipinski definition) is 3. The van der Waals surface area contributed by atoms with Crippen LogP contribution in [0.5, 0.6) is 11.5 Å². The maximum absolute atomic E-state index is 12.5. The lowest BCUT2D eigenvalue weighted by Crippen LogP contribution is -2.35. The van der Waals surface area contributed by atoms with Crippen molar-refractivity contribution in [1.29, 1.82) is 0 Å². The minimum atomic E-state index is -3.11. The number of amides is 1. The lowest BCUT2D eigenvalue weighted by Gasteiger charge is -2.18. The number of nitrogens with one attached hydrogen (secondary N) is 3. The van der Waals surface area contributed by atoms with Gasteiger partial charge in [0.05, 0.1) is 19.5 Å². The second kappa shape index (κ2) is 12.1. The van der Waals surface area contributed by atoms with Gasteiger partial charge in [0.2, 0.25) is 10.0 Å². The average molecular weight is 442 g/mol. The molecule has 1 unspecified atom stereocenters. The molecule has 2 rings (SSSR count). The minimum Gasteiger partial charge on any atom is -0.493 e. The molecular weight excluding hydrogens is 406 g/mol. The second-order valence-corrected chi connectivity index (χ2v) is 9.66. The van der Waals surface area contributed by atoms with E-state index in [9.17, 15) is 13.2 Å². The molecule has 1 aromatic carbocycles. The highest BCUT2D eigenvalue weighted by atomic mass is 32.2. The van der Waals surface area contributed by atoms with Crippen LogP contribution in [0.2, 0.25) is 0 Å². The van der Waals surface area contributed by atoms with E-state index < -0.39 is 10.0 Å². The fraction of sp³-hybridized carbons (Fsp3) is 0.667. The van der Waals surface area contributed by atoms with Crippen LogP contribution in [0.15, 0.2) is 18.2 Å². The Morgan fingerprint density at radius 3 is 2.47 bits per heavy atom. The van der Waals surface area contributed by atoms with Crippen LogP contribution in [0.3, 0.4) is 0 Å². The smallest absolute Gasteiger partial charge is 0.251 e. The number of benzene rings is 1. The van der Waals surface area contributed by atoms with Gasteiger partial charge in [0.1, 0.15) is 0 Å². The van der Waals surface area contributed by atoms with Gasteiger partial charge in [-0.1, -0.05) is 13.3 Å². The predicted molar refractivity (Wildman–Crippen MR) is 118 cm³/mol. The van der Waals surface area contributed by atoms with E-state index in [0.29, 0.717) is 42.6 Å². The van der Waals surface area contributed by atoms with Gasteiger partial charge in [-0.15, -0.1) is 0 Å². The van der Waals surface area contributed by atoms with Crippen LogP contribution in [-0.4, -0.2) is 60.0 Å². The third-order valence-corrected chi connectivity index (χ3v) is 7.15. The number of hydrogen-bond acceptors (Lipinski definition) is 6. The van der Waals surface area contributed by atoms with E-state index in [2.05, 4.69) is 22.3 Å². The normalized spacial score (nSPS) is 14.9. The van der Waals surface area contributed by atoms with Crippen molar-refractivity contribution in [3.05, 3.63) is 23.8 Å². The predicted octanol–water partition coefficient (Wildman–Crippen LogP) is 1.91. The molecule has 3 N–H and O–H groups in total. The van der Waals surface area contributed by atoms with E-state index >= 15 is 0 Å². The summed E-state index contributed by atoms with van der Waals surface area (Å²) < 4.78 is 36.6. The van der Waals surface area contributed by atoms with Gasteiger partial charge in [-0.2, -0.15) is 0 Å². The molecule has 1 amide bonds. The summed E-state index contributed by atoms with van der Waals surface area (Å²) in [6.07, 6.45) is 4.52. The first-order valence-electron chi connectivity index (χ1n) is 10.6. The van der Waals surface area contributed by atoms with E-state index in [1.165, 1.54) is 0 Å². The maximum atomic E-state index is 12.5. The summed E-state index contributed by atoms with van der Waals surface area (Å²) in [6, 6.07) is 5.11. The van der Waals surface area contributed by atoms with Crippen LogP contribution < -0.4 is 24.8 Å². The molecule has 170 valence electrons. The largest absolute Gasteiger partial charge is 0.493 e. The average Bonchev–Trinajstić information content (AvgIpc) is 3.59. The van der Waals surface area contributed by atoms with Gasteiger partial charge in [-0.25, -0.2) is 13.1 Å². The number of sulfonamides is 1. The van der Waals surface area contributed by atoms with E-state index in [1.54, 1.807) is 32.4 Å². The van der Waals surface area contributed by atoms with Gasteiger partial charge in [0.25, 0.3) is 5.91 Å². The van der Waals surface area contributed by atoms with Crippen LogP contribution in [0.4, 0.5) is 0 Å². The Bertz CT molecular complexity index is 781. The van der Waals surface area contributed by atoms with Crippen LogP contribution in [0.1, 0.15) is 49.4 Å². The van der Waals surface area contributed by atoms with Gasteiger partial charge in [-0.05, 0) is 56.3 Å². The van der Waals surface area contributed by atoms with Gasteiger partial charge >= 0.3 is 0 Å². The molecule has 0 bridgehead atoms. The van der Waals surface area contributed by atoms with Crippen molar-refractivity contribution in [3.8, 4) is 11.5 Å². The summed E-state index contributed by atoms with van der Waals surface area (Å²) in [4.78, 5) is 12.5. The first-order valence-corrected chi connectivity index (χ1v) is 12.1. The zero-order chi connectivity index (χ0) is 22.0. The van der Waals surface area contributed by atoms with Crippen molar-refractivity contribution < 1.29 is 22.7 Å². The topological polar surface area (TPSA) is 106 Å². The first-order chi connectivity index (χ1) is 14.4. The lowest BCUT2D eigenvalue weighted by molar-refractivity contribution is 0.0945. The van der Waals surface area contributed by atoms with Crippen molar-refractivity contribution in [2.75, 3.05) is 40.4 Å². The zero-order valence-electron chi connectivity index (χ0n) is 18.2. The highest BCUT2D eigenvalue weighted by Crippen LogP contribution is 2.28. The Hall–Kier alpha value is -1.84. The quantitative estimate of drug-likeness (QED) is 0.359.